The van der Waals surface area contributed by atoms with Gasteiger partial charge in [-0.3, -0.25) is 9.59 Å². The molecular formula is C12H11N3O2. The number of H-pyrrole nitrogens is 1. The molecule has 0 bridgehead atoms. The number of hydrazone groups is 1. The van der Waals surface area contributed by atoms with Gasteiger partial charge in [-0.25, -0.2) is 5.43 Å². The van der Waals surface area contributed by atoms with Gasteiger partial charge in [0.25, 0.3) is 5.56 Å². The SMILES string of the molecule is CC(=O)NN=Cc1cc2ccccc2[nH]c1=O. The smallest absolute Gasteiger partial charge is 0.257 e. The Morgan fingerprint density at radius 1 is 1.41 bits per heavy atom. The summed E-state index contributed by atoms with van der Waals surface area (Å²) in [7, 11) is 0. The molecule has 0 fully saturated rings. The van der Waals surface area contributed by atoms with E-state index >= 15 is 0 Å². The fourth-order valence-electron chi connectivity index (χ4n) is 1.45. The van der Waals surface area contributed by atoms with Crippen LogP contribution in [0.25, 0.3) is 10.9 Å². The molecule has 2 aromatic rings. The number of aromatic nitrogens is 1. The first-order valence-electron chi connectivity index (χ1n) is 5.08. The van der Waals surface area contributed by atoms with Gasteiger partial charge >= 0.3 is 0 Å². The molecule has 2 N–H and O–H groups in total. The maximum absolute atomic E-state index is 11.6. The number of nitrogens with zero attached hydrogens (tertiary/aromatic N) is 1. The third kappa shape index (κ3) is 2.57. The van der Waals surface area contributed by atoms with Crippen LogP contribution in [-0.2, 0) is 4.79 Å². The number of nitrogens with one attached hydrogen (secondary N) is 2. The summed E-state index contributed by atoms with van der Waals surface area (Å²) >= 11 is 0. The van der Waals surface area contributed by atoms with Crippen LogP contribution >= 0.6 is 0 Å². The van der Waals surface area contributed by atoms with Gasteiger partial charge in [-0.05, 0) is 17.5 Å². The third-order valence-corrected chi connectivity index (χ3v) is 2.21. The van der Waals surface area contributed by atoms with E-state index in [9.17, 15) is 9.59 Å². The Bertz CT molecular complexity index is 643. The zero-order valence-electron chi connectivity index (χ0n) is 9.23. The molecule has 1 amide bonds. The van der Waals surface area contributed by atoms with Crippen molar-refractivity contribution < 1.29 is 4.79 Å². The zero-order chi connectivity index (χ0) is 12.3. The number of pyridine rings is 1. The van der Waals surface area contributed by atoms with Gasteiger partial charge in [0.2, 0.25) is 5.91 Å². The van der Waals surface area contributed by atoms with Gasteiger partial charge in [-0.15, -0.1) is 0 Å². The second kappa shape index (κ2) is 4.61. The lowest BCUT2D eigenvalue weighted by molar-refractivity contribution is -0.118. The van der Waals surface area contributed by atoms with E-state index in [-0.39, 0.29) is 11.5 Å². The summed E-state index contributed by atoms with van der Waals surface area (Å²) in [4.78, 5) is 25.0. The number of hydrogen-bond acceptors (Lipinski definition) is 3. The Hall–Kier alpha value is -2.43. The summed E-state index contributed by atoms with van der Waals surface area (Å²) in [5, 5.41) is 4.58. The summed E-state index contributed by atoms with van der Waals surface area (Å²) in [6.45, 7) is 1.35. The number of fused-ring (bicyclic) bond motifs is 1. The summed E-state index contributed by atoms with van der Waals surface area (Å²) in [6, 6.07) is 9.17. The number of carbonyl (C=O) groups is 1. The number of amides is 1. The fraction of sp³-hybridized carbons (Fsp3) is 0.0833. The van der Waals surface area contributed by atoms with E-state index in [0.717, 1.165) is 10.9 Å². The Morgan fingerprint density at radius 2 is 2.18 bits per heavy atom. The van der Waals surface area contributed by atoms with Crippen molar-refractivity contribution in [1.29, 1.82) is 0 Å². The number of para-hydroxylation sites is 1. The van der Waals surface area contributed by atoms with Crippen molar-refractivity contribution in [2.24, 2.45) is 5.10 Å². The number of aromatic amines is 1. The number of carbonyl (C=O) groups excluding carboxylic acids is 1. The predicted octanol–water partition coefficient (Wildman–Crippen LogP) is 0.998. The highest BCUT2D eigenvalue weighted by molar-refractivity contribution is 5.88. The maximum Gasteiger partial charge on any atom is 0.257 e. The minimum absolute atomic E-state index is 0.238. The van der Waals surface area contributed by atoms with Crippen LogP contribution in [0.15, 0.2) is 40.2 Å². The fourth-order valence-corrected chi connectivity index (χ4v) is 1.45. The van der Waals surface area contributed by atoms with Gasteiger partial charge in [-0.2, -0.15) is 5.10 Å². The molecule has 1 aromatic heterocycles. The van der Waals surface area contributed by atoms with E-state index in [4.69, 9.17) is 0 Å². The van der Waals surface area contributed by atoms with Crippen LogP contribution in [0.1, 0.15) is 12.5 Å². The maximum atomic E-state index is 11.6. The minimum Gasteiger partial charge on any atom is -0.321 e. The molecule has 2 rings (SSSR count). The first kappa shape index (κ1) is 11.1. The van der Waals surface area contributed by atoms with Crippen molar-refractivity contribution in [3.05, 3.63) is 46.2 Å². The first-order chi connectivity index (χ1) is 8.16. The number of hydrogen-bond donors (Lipinski definition) is 2. The van der Waals surface area contributed by atoms with Crippen molar-refractivity contribution in [2.45, 2.75) is 6.92 Å². The molecule has 1 aromatic carbocycles. The lowest BCUT2D eigenvalue weighted by atomic mass is 10.2. The van der Waals surface area contributed by atoms with Crippen LogP contribution in [-0.4, -0.2) is 17.1 Å². The Labute approximate surface area is 97.2 Å². The van der Waals surface area contributed by atoms with Crippen molar-refractivity contribution in [2.75, 3.05) is 0 Å². The average molecular weight is 229 g/mol. The second-order valence-corrected chi connectivity index (χ2v) is 3.57. The highest BCUT2D eigenvalue weighted by atomic mass is 16.2. The van der Waals surface area contributed by atoms with Crippen LogP contribution in [0.4, 0.5) is 0 Å². The molecule has 0 saturated carbocycles. The highest BCUT2D eigenvalue weighted by Gasteiger charge is 1.99. The summed E-state index contributed by atoms with van der Waals surface area (Å²) in [6.07, 6.45) is 1.33. The van der Waals surface area contributed by atoms with Gasteiger partial charge in [0.05, 0.1) is 11.8 Å². The van der Waals surface area contributed by atoms with E-state index in [1.165, 1.54) is 13.1 Å². The molecule has 0 unspecified atom stereocenters. The quantitative estimate of drug-likeness (QED) is 0.595. The average Bonchev–Trinajstić information content (AvgIpc) is 2.29. The number of benzene rings is 1. The molecule has 0 aliphatic carbocycles. The first-order valence-corrected chi connectivity index (χ1v) is 5.08. The summed E-state index contributed by atoms with van der Waals surface area (Å²) in [5.74, 6) is -0.279. The largest absolute Gasteiger partial charge is 0.321 e. The van der Waals surface area contributed by atoms with E-state index < -0.39 is 0 Å². The topological polar surface area (TPSA) is 74.3 Å². The van der Waals surface area contributed by atoms with Gasteiger partial charge < -0.3 is 4.98 Å². The molecule has 17 heavy (non-hydrogen) atoms. The molecule has 5 nitrogen and oxygen atoms in total. The van der Waals surface area contributed by atoms with Crippen molar-refractivity contribution in [1.82, 2.24) is 10.4 Å². The minimum atomic E-state index is -0.279. The van der Waals surface area contributed by atoms with Gasteiger partial charge in [-0.1, -0.05) is 18.2 Å². The van der Waals surface area contributed by atoms with Crippen LogP contribution in [0.5, 0.6) is 0 Å². The van der Waals surface area contributed by atoms with Gasteiger partial charge in [0, 0.05) is 12.4 Å². The summed E-state index contributed by atoms with van der Waals surface area (Å²) < 4.78 is 0. The molecule has 0 aliphatic rings. The molecular weight excluding hydrogens is 218 g/mol. The predicted molar refractivity (Wildman–Crippen MR) is 66.0 cm³/mol. The molecule has 5 heteroatoms. The Kier molecular flexibility index (Phi) is 3.00. The highest BCUT2D eigenvalue weighted by Crippen LogP contribution is 2.08. The van der Waals surface area contributed by atoms with Crippen LogP contribution in [0.3, 0.4) is 0 Å². The molecule has 0 atom stereocenters. The van der Waals surface area contributed by atoms with E-state index in [1.807, 2.05) is 24.3 Å². The van der Waals surface area contributed by atoms with Crippen molar-refractivity contribution >= 4 is 23.0 Å². The third-order valence-electron chi connectivity index (χ3n) is 2.21. The van der Waals surface area contributed by atoms with E-state index in [1.54, 1.807) is 6.07 Å². The lowest BCUT2D eigenvalue weighted by Crippen LogP contribution is -2.16. The molecule has 0 radical (unpaired) electrons. The van der Waals surface area contributed by atoms with E-state index in [0.29, 0.717) is 5.56 Å². The lowest BCUT2D eigenvalue weighted by Gasteiger charge is -1.98. The second-order valence-electron chi connectivity index (χ2n) is 3.57. The molecule has 0 saturated heterocycles. The Balaban J connectivity index is 2.41. The van der Waals surface area contributed by atoms with Gasteiger partial charge in [0.15, 0.2) is 0 Å². The molecule has 1 heterocycles. The Morgan fingerprint density at radius 3 is 2.94 bits per heavy atom. The normalized spacial score (nSPS) is 10.9. The van der Waals surface area contributed by atoms with E-state index in [2.05, 4.69) is 15.5 Å². The molecule has 86 valence electrons. The standard InChI is InChI=1S/C12H11N3O2/c1-8(16)15-13-7-10-6-9-4-2-3-5-11(9)14-12(10)17/h2-7H,1H3,(H,14,17)(H,15,16). The van der Waals surface area contributed by atoms with Crippen LogP contribution in [0.2, 0.25) is 0 Å². The van der Waals surface area contributed by atoms with Gasteiger partial charge in [0.1, 0.15) is 0 Å². The molecule has 0 spiro atoms. The monoisotopic (exact) mass is 229 g/mol. The zero-order valence-corrected chi connectivity index (χ0v) is 9.23. The van der Waals surface area contributed by atoms with Crippen LogP contribution in [0, 0.1) is 0 Å². The summed E-state index contributed by atoms with van der Waals surface area (Å²) in [5.41, 5.74) is 3.18. The molecule has 0 aliphatic heterocycles. The number of rotatable bonds is 2. The van der Waals surface area contributed by atoms with Crippen LogP contribution < -0.4 is 11.0 Å². The van der Waals surface area contributed by atoms with Crippen molar-refractivity contribution in [3.8, 4) is 0 Å². The van der Waals surface area contributed by atoms with Crippen molar-refractivity contribution in [3.63, 3.8) is 0 Å².